The van der Waals surface area contributed by atoms with E-state index in [0.717, 1.165) is 31.2 Å². The summed E-state index contributed by atoms with van der Waals surface area (Å²) in [6, 6.07) is 0. The summed E-state index contributed by atoms with van der Waals surface area (Å²) in [6.45, 7) is 4.90. The smallest absolute Gasteiger partial charge is 0.168 e. The maximum Gasteiger partial charge on any atom is 0.168 e. The van der Waals surface area contributed by atoms with Gasteiger partial charge < -0.3 is 15.0 Å². The molecule has 0 radical (unpaired) electrons. The summed E-state index contributed by atoms with van der Waals surface area (Å²) in [5.74, 6) is 0. The molecule has 3 nitrogen and oxygen atoms in total. The van der Waals surface area contributed by atoms with Gasteiger partial charge in [0.25, 0.3) is 0 Å². The van der Waals surface area contributed by atoms with E-state index in [4.69, 9.17) is 17.0 Å². The van der Waals surface area contributed by atoms with E-state index in [1.165, 1.54) is 12.8 Å². The Bertz CT molecular complexity index is 153. The number of unbranched alkanes of at least 4 members (excludes halogenated alkanes) is 1. The highest BCUT2D eigenvalue weighted by Gasteiger charge is 2.01. The maximum atomic E-state index is 5.21. The normalized spacial score (nSPS) is 9.93. The zero-order valence-corrected chi connectivity index (χ0v) is 10.3. The molecule has 0 aromatic carbocycles. The van der Waals surface area contributed by atoms with Gasteiger partial charge in [-0.05, 0) is 25.1 Å². The number of nitrogens with zero attached hydrogens (tertiary/aromatic N) is 1. The van der Waals surface area contributed by atoms with Crippen molar-refractivity contribution in [2.75, 3.05) is 33.9 Å². The predicted octanol–water partition coefficient (Wildman–Crippen LogP) is 1.63. The molecule has 0 fully saturated rings. The number of ether oxygens (including phenoxy) is 1. The summed E-state index contributed by atoms with van der Waals surface area (Å²) >= 11 is 5.21. The van der Waals surface area contributed by atoms with E-state index < -0.39 is 0 Å². The van der Waals surface area contributed by atoms with Crippen LogP contribution in [0.15, 0.2) is 0 Å². The SMILES string of the molecule is CCCCN(C)C(=S)NCCCOC. The molecule has 0 heterocycles. The number of hydrogen-bond acceptors (Lipinski definition) is 2. The first-order valence-electron chi connectivity index (χ1n) is 5.20. The summed E-state index contributed by atoms with van der Waals surface area (Å²) in [6.07, 6.45) is 3.39. The lowest BCUT2D eigenvalue weighted by atomic mass is 10.3. The quantitative estimate of drug-likeness (QED) is 0.518. The molecule has 1 N–H and O–H groups in total. The second-order valence-electron chi connectivity index (χ2n) is 3.35. The Morgan fingerprint density at radius 2 is 2.14 bits per heavy atom. The third-order valence-electron chi connectivity index (χ3n) is 2.00. The van der Waals surface area contributed by atoms with Crippen LogP contribution >= 0.6 is 12.2 Å². The Hall–Kier alpha value is -0.350. The summed E-state index contributed by atoms with van der Waals surface area (Å²) < 4.78 is 4.95. The molecule has 0 amide bonds. The summed E-state index contributed by atoms with van der Waals surface area (Å²) in [7, 11) is 3.74. The average molecular weight is 218 g/mol. The standard InChI is InChI=1S/C10H22N2OS/c1-4-5-8-12(2)10(14)11-7-6-9-13-3/h4-9H2,1-3H3,(H,11,14). The lowest BCUT2D eigenvalue weighted by Gasteiger charge is -2.20. The Labute approximate surface area is 92.8 Å². The molecule has 0 aliphatic heterocycles. The van der Waals surface area contributed by atoms with Crippen molar-refractivity contribution >= 4 is 17.3 Å². The van der Waals surface area contributed by atoms with Crippen molar-refractivity contribution < 1.29 is 4.74 Å². The monoisotopic (exact) mass is 218 g/mol. The minimum atomic E-state index is 0.786. The minimum absolute atomic E-state index is 0.786. The fourth-order valence-corrected chi connectivity index (χ4v) is 1.24. The van der Waals surface area contributed by atoms with Gasteiger partial charge in [-0.2, -0.15) is 0 Å². The minimum Gasteiger partial charge on any atom is -0.385 e. The number of methoxy groups -OCH3 is 1. The van der Waals surface area contributed by atoms with Gasteiger partial charge in [-0.3, -0.25) is 0 Å². The number of nitrogens with one attached hydrogen (secondary N) is 1. The van der Waals surface area contributed by atoms with Crippen molar-refractivity contribution in [2.24, 2.45) is 0 Å². The summed E-state index contributed by atoms with van der Waals surface area (Å²) in [4.78, 5) is 2.09. The molecular weight excluding hydrogens is 196 g/mol. The molecular formula is C10H22N2OS. The fourth-order valence-electron chi connectivity index (χ4n) is 1.04. The first kappa shape index (κ1) is 13.7. The van der Waals surface area contributed by atoms with Crippen molar-refractivity contribution in [3.05, 3.63) is 0 Å². The molecule has 4 heteroatoms. The molecule has 0 aliphatic rings. The van der Waals surface area contributed by atoms with Crippen LogP contribution in [0.2, 0.25) is 0 Å². The van der Waals surface area contributed by atoms with Crippen molar-refractivity contribution in [3.63, 3.8) is 0 Å². The molecule has 0 spiro atoms. The molecule has 14 heavy (non-hydrogen) atoms. The second kappa shape index (κ2) is 9.21. The van der Waals surface area contributed by atoms with Gasteiger partial charge in [0, 0.05) is 33.9 Å². The van der Waals surface area contributed by atoms with Gasteiger partial charge in [0.2, 0.25) is 0 Å². The molecule has 0 saturated heterocycles. The van der Waals surface area contributed by atoms with Gasteiger partial charge >= 0.3 is 0 Å². The molecule has 84 valence electrons. The van der Waals surface area contributed by atoms with Crippen LogP contribution in [0.1, 0.15) is 26.2 Å². The molecule has 0 aliphatic carbocycles. The Kier molecular flexibility index (Phi) is 8.98. The van der Waals surface area contributed by atoms with Gasteiger partial charge in [-0.25, -0.2) is 0 Å². The second-order valence-corrected chi connectivity index (χ2v) is 3.74. The highest BCUT2D eigenvalue weighted by molar-refractivity contribution is 7.80. The van der Waals surface area contributed by atoms with Crippen molar-refractivity contribution in [1.82, 2.24) is 10.2 Å². The molecule has 0 saturated carbocycles. The van der Waals surface area contributed by atoms with Gasteiger partial charge in [-0.15, -0.1) is 0 Å². The van der Waals surface area contributed by atoms with Gasteiger partial charge in [-0.1, -0.05) is 13.3 Å². The Balaban J connectivity index is 3.42. The highest BCUT2D eigenvalue weighted by atomic mass is 32.1. The first-order valence-corrected chi connectivity index (χ1v) is 5.61. The number of rotatable bonds is 7. The van der Waals surface area contributed by atoms with Gasteiger partial charge in [0.1, 0.15) is 0 Å². The van der Waals surface area contributed by atoms with E-state index in [-0.39, 0.29) is 0 Å². The van der Waals surface area contributed by atoms with E-state index >= 15 is 0 Å². The van der Waals surface area contributed by atoms with E-state index in [9.17, 15) is 0 Å². The lowest BCUT2D eigenvalue weighted by molar-refractivity contribution is 0.195. The van der Waals surface area contributed by atoms with Crippen molar-refractivity contribution in [3.8, 4) is 0 Å². The molecule has 0 aromatic heterocycles. The van der Waals surface area contributed by atoms with Crippen LogP contribution in [-0.2, 0) is 4.74 Å². The Morgan fingerprint density at radius 1 is 1.43 bits per heavy atom. The van der Waals surface area contributed by atoms with E-state index in [0.29, 0.717) is 0 Å². The van der Waals surface area contributed by atoms with Crippen LogP contribution in [0.4, 0.5) is 0 Å². The Morgan fingerprint density at radius 3 is 2.71 bits per heavy atom. The highest BCUT2D eigenvalue weighted by Crippen LogP contribution is 1.92. The third-order valence-corrected chi connectivity index (χ3v) is 2.45. The average Bonchev–Trinajstić information content (AvgIpc) is 2.20. The fraction of sp³-hybridized carbons (Fsp3) is 0.900. The number of hydrogen-bond donors (Lipinski definition) is 1. The molecule has 0 unspecified atom stereocenters. The van der Waals surface area contributed by atoms with Crippen LogP contribution in [0.5, 0.6) is 0 Å². The zero-order chi connectivity index (χ0) is 10.8. The predicted molar refractivity (Wildman–Crippen MR) is 64.6 cm³/mol. The topological polar surface area (TPSA) is 24.5 Å². The molecule has 0 bridgehead atoms. The van der Waals surface area contributed by atoms with Gasteiger partial charge in [0.05, 0.1) is 0 Å². The zero-order valence-electron chi connectivity index (χ0n) is 9.51. The van der Waals surface area contributed by atoms with Crippen molar-refractivity contribution in [2.45, 2.75) is 26.2 Å². The summed E-state index contributed by atoms with van der Waals surface area (Å²) in [5, 5.41) is 4.05. The third kappa shape index (κ3) is 7.09. The van der Waals surface area contributed by atoms with E-state index in [1.807, 2.05) is 7.05 Å². The number of thiocarbonyl (C=S) groups is 1. The van der Waals surface area contributed by atoms with Crippen LogP contribution < -0.4 is 5.32 Å². The molecule has 0 aromatic rings. The largest absolute Gasteiger partial charge is 0.385 e. The van der Waals surface area contributed by atoms with Crippen LogP contribution in [0.25, 0.3) is 0 Å². The van der Waals surface area contributed by atoms with Gasteiger partial charge in [0.15, 0.2) is 5.11 Å². The maximum absolute atomic E-state index is 5.21. The van der Waals surface area contributed by atoms with E-state index in [2.05, 4.69) is 17.1 Å². The molecule has 0 rings (SSSR count). The molecule has 0 atom stereocenters. The van der Waals surface area contributed by atoms with Crippen LogP contribution in [-0.4, -0.2) is 43.9 Å². The summed E-state index contributed by atoms with van der Waals surface area (Å²) in [5.41, 5.74) is 0. The van der Waals surface area contributed by atoms with Crippen LogP contribution in [0.3, 0.4) is 0 Å². The first-order chi connectivity index (χ1) is 6.72. The lowest BCUT2D eigenvalue weighted by Crippen LogP contribution is -2.38. The van der Waals surface area contributed by atoms with Crippen molar-refractivity contribution in [1.29, 1.82) is 0 Å². The van der Waals surface area contributed by atoms with Crippen LogP contribution in [0, 0.1) is 0 Å². The van der Waals surface area contributed by atoms with E-state index in [1.54, 1.807) is 7.11 Å².